The number of Topliss-reactive ketones (excluding diaryl/α,β-unsaturated/α-hetero) is 1. The van der Waals surface area contributed by atoms with Crippen molar-refractivity contribution < 1.29 is 14.4 Å². The molecule has 0 bridgehead atoms. The fourth-order valence-corrected chi connectivity index (χ4v) is 6.80. The van der Waals surface area contributed by atoms with Crippen LogP contribution in [0.4, 0.5) is 0 Å². The fourth-order valence-electron chi connectivity index (χ4n) is 5.84. The van der Waals surface area contributed by atoms with Gasteiger partial charge in [-0.15, -0.1) is 11.3 Å². The highest BCUT2D eigenvalue weighted by Crippen LogP contribution is 2.37. The van der Waals surface area contributed by atoms with Crippen LogP contribution in [0.5, 0.6) is 0 Å². The second kappa shape index (κ2) is 11.7. The molecule has 4 atom stereocenters. The van der Waals surface area contributed by atoms with Crippen LogP contribution in [-0.2, 0) is 16.0 Å². The highest BCUT2D eigenvalue weighted by atomic mass is 32.1. The number of rotatable bonds is 10. The van der Waals surface area contributed by atoms with Crippen LogP contribution in [0.3, 0.4) is 0 Å². The third kappa shape index (κ3) is 5.85. The van der Waals surface area contributed by atoms with Gasteiger partial charge in [-0.2, -0.15) is 0 Å². The molecular formula is C29H35N7O3S. The number of thiazole rings is 1. The first-order valence-electron chi connectivity index (χ1n) is 13.7. The number of para-hydroxylation sites is 1. The Kier molecular flexibility index (Phi) is 8.13. The smallest absolute Gasteiger partial charge is 0.243 e. The van der Waals surface area contributed by atoms with Crippen molar-refractivity contribution in [2.24, 2.45) is 11.5 Å². The second-order valence-corrected chi connectivity index (χ2v) is 11.7. The molecule has 0 radical (unpaired) electrons. The van der Waals surface area contributed by atoms with E-state index in [2.05, 4.69) is 15.6 Å². The molecule has 5 rings (SSSR count). The molecule has 7 N–H and O–H groups in total. The minimum atomic E-state index is -1.07. The Morgan fingerprint density at radius 3 is 2.62 bits per heavy atom. The monoisotopic (exact) mass is 561 g/mol. The van der Waals surface area contributed by atoms with E-state index < -0.39 is 17.6 Å². The van der Waals surface area contributed by atoms with Crippen molar-refractivity contribution in [3.05, 3.63) is 65.2 Å². The summed E-state index contributed by atoms with van der Waals surface area (Å²) >= 11 is 1.29. The summed E-state index contributed by atoms with van der Waals surface area (Å²) in [6, 6.07) is 15.7. The molecule has 2 amide bonds. The number of amides is 2. The summed E-state index contributed by atoms with van der Waals surface area (Å²) < 4.78 is 0.893. The van der Waals surface area contributed by atoms with E-state index in [9.17, 15) is 14.4 Å². The van der Waals surface area contributed by atoms with E-state index >= 15 is 0 Å². The number of carbonyl (C=O) groups excluding carboxylic acids is 3. The van der Waals surface area contributed by atoms with E-state index in [-0.39, 0.29) is 29.6 Å². The van der Waals surface area contributed by atoms with Crippen molar-refractivity contribution >= 4 is 45.1 Å². The molecule has 0 aliphatic carbocycles. The van der Waals surface area contributed by atoms with E-state index in [1.54, 1.807) is 4.90 Å². The van der Waals surface area contributed by atoms with Crippen LogP contribution in [0.25, 0.3) is 10.2 Å². The van der Waals surface area contributed by atoms with Gasteiger partial charge in [-0.25, -0.2) is 4.98 Å². The molecule has 2 aromatic carbocycles. The Balaban J connectivity index is 1.32. The van der Waals surface area contributed by atoms with Gasteiger partial charge in [-0.05, 0) is 62.6 Å². The first kappa shape index (κ1) is 27.7. The average molecular weight is 562 g/mol. The molecule has 40 heavy (non-hydrogen) atoms. The number of nitrogens with zero attached hydrogens (tertiary/aromatic N) is 2. The number of guanidine groups is 1. The van der Waals surface area contributed by atoms with Crippen molar-refractivity contribution in [3.8, 4) is 0 Å². The molecule has 10 nitrogen and oxygen atoms in total. The van der Waals surface area contributed by atoms with E-state index in [1.807, 2.05) is 54.6 Å². The lowest BCUT2D eigenvalue weighted by molar-refractivity contribution is -0.148. The van der Waals surface area contributed by atoms with E-state index in [1.165, 1.54) is 11.3 Å². The lowest BCUT2D eigenvalue weighted by Gasteiger charge is -2.43. The molecule has 1 aromatic heterocycles. The number of ketones is 1. The SMILES string of the molecule is N=C(N)NCCC[C@H](NC(=O)[C@@H]1CC[C@@H]2CC[C@](N)(Cc3ccccc3)C(=O)N21)C(=O)c1nc2ccccc2s1. The Hall–Kier alpha value is -3.83. The van der Waals surface area contributed by atoms with Crippen LogP contribution in [0.1, 0.15) is 53.9 Å². The third-order valence-corrected chi connectivity index (χ3v) is 8.93. The number of hydrogen-bond donors (Lipinski definition) is 5. The zero-order chi connectivity index (χ0) is 28.3. The van der Waals surface area contributed by atoms with Gasteiger partial charge in [0.05, 0.1) is 21.8 Å². The Morgan fingerprint density at radius 1 is 1.12 bits per heavy atom. The van der Waals surface area contributed by atoms with Crippen molar-refractivity contribution in [2.45, 2.75) is 68.6 Å². The molecule has 0 unspecified atom stereocenters. The van der Waals surface area contributed by atoms with Crippen LogP contribution in [0.2, 0.25) is 0 Å². The number of piperidine rings is 1. The lowest BCUT2D eigenvalue weighted by Crippen LogP contribution is -2.65. The molecule has 2 fully saturated rings. The van der Waals surface area contributed by atoms with Gasteiger partial charge in [0.1, 0.15) is 6.04 Å². The molecule has 2 aliphatic heterocycles. The number of fused-ring (bicyclic) bond motifs is 2. The first-order chi connectivity index (χ1) is 19.2. The summed E-state index contributed by atoms with van der Waals surface area (Å²) in [5.74, 6) is -0.975. The fraction of sp³-hybridized carbons (Fsp3) is 0.414. The molecule has 210 valence electrons. The zero-order valence-electron chi connectivity index (χ0n) is 22.3. The lowest BCUT2D eigenvalue weighted by atomic mass is 9.81. The summed E-state index contributed by atoms with van der Waals surface area (Å²) in [7, 11) is 0. The van der Waals surface area contributed by atoms with Gasteiger partial charge in [0, 0.05) is 12.6 Å². The van der Waals surface area contributed by atoms with E-state index in [0.717, 1.165) is 28.6 Å². The minimum Gasteiger partial charge on any atom is -0.370 e. The van der Waals surface area contributed by atoms with E-state index in [4.69, 9.17) is 16.9 Å². The standard InChI is InChI=1S/C29H35N7O3S/c30-28(31)33-16-6-10-21(24(37)26-35-20-9-4-5-11-23(20)40-26)34-25(38)22-13-12-19-14-15-29(32,27(39)36(19)22)17-18-7-2-1-3-8-18/h1-5,7-9,11,19,21-22H,6,10,12-17,32H2,(H,34,38)(H4,30,31,33)/t19-,21+,22+,29+/m1/s1. The Bertz CT molecular complexity index is 1380. The first-order valence-corrected chi connectivity index (χ1v) is 14.5. The van der Waals surface area contributed by atoms with Crippen molar-refractivity contribution in [2.75, 3.05) is 6.54 Å². The predicted octanol–water partition coefficient (Wildman–Crippen LogP) is 2.32. The summed E-state index contributed by atoms with van der Waals surface area (Å²) in [5.41, 5.74) is 12.7. The van der Waals surface area contributed by atoms with E-state index in [0.29, 0.717) is 43.7 Å². The average Bonchev–Trinajstić information content (AvgIpc) is 3.57. The molecule has 2 aliphatic rings. The van der Waals surface area contributed by atoms with Crippen LogP contribution >= 0.6 is 11.3 Å². The van der Waals surface area contributed by atoms with Crippen molar-refractivity contribution in [3.63, 3.8) is 0 Å². The van der Waals surface area contributed by atoms with Gasteiger partial charge in [0.15, 0.2) is 11.0 Å². The number of nitrogens with one attached hydrogen (secondary N) is 3. The number of nitrogens with two attached hydrogens (primary N) is 2. The predicted molar refractivity (Wildman–Crippen MR) is 155 cm³/mol. The van der Waals surface area contributed by atoms with Crippen LogP contribution in [-0.4, -0.2) is 63.7 Å². The van der Waals surface area contributed by atoms with Crippen molar-refractivity contribution in [1.29, 1.82) is 5.41 Å². The maximum Gasteiger partial charge on any atom is 0.243 e. The summed E-state index contributed by atoms with van der Waals surface area (Å²) in [6.45, 7) is 0.389. The Labute approximate surface area is 237 Å². The molecule has 3 heterocycles. The highest BCUT2D eigenvalue weighted by molar-refractivity contribution is 7.20. The van der Waals surface area contributed by atoms with Gasteiger partial charge in [0.25, 0.3) is 0 Å². The zero-order valence-corrected chi connectivity index (χ0v) is 23.1. The maximum atomic E-state index is 13.8. The van der Waals surface area contributed by atoms with Gasteiger partial charge in [-0.1, -0.05) is 42.5 Å². The summed E-state index contributed by atoms with van der Waals surface area (Å²) in [5, 5.41) is 13.4. The number of carbonyl (C=O) groups is 3. The maximum absolute atomic E-state index is 13.8. The quantitative estimate of drug-likeness (QED) is 0.110. The third-order valence-electron chi connectivity index (χ3n) is 7.87. The summed E-state index contributed by atoms with van der Waals surface area (Å²) in [4.78, 5) is 47.2. The largest absolute Gasteiger partial charge is 0.370 e. The number of benzene rings is 2. The summed E-state index contributed by atoms with van der Waals surface area (Å²) in [6.07, 6.45) is 3.80. The van der Waals surface area contributed by atoms with Gasteiger partial charge in [0.2, 0.25) is 17.6 Å². The molecule has 3 aromatic rings. The Morgan fingerprint density at radius 2 is 1.88 bits per heavy atom. The molecule has 0 spiro atoms. The topological polar surface area (TPSA) is 167 Å². The minimum absolute atomic E-state index is 0.0334. The number of aromatic nitrogens is 1. The normalized spacial score (nSPS) is 23.0. The number of hydrogen-bond acceptors (Lipinski definition) is 7. The molecular weight excluding hydrogens is 526 g/mol. The van der Waals surface area contributed by atoms with Crippen LogP contribution in [0.15, 0.2) is 54.6 Å². The van der Waals surface area contributed by atoms with Crippen LogP contribution in [0, 0.1) is 5.41 Å². The van der Waals surface area contributed by atoms with Gasteiger partial charge in [-0.3, -0.25) is 19.8 Å². The highest BCUT2D eigenvalue weighted by Gasteiger charge is 2.51. The van der Waals surface area contributed by atoms with Gasteiger partial charge >= 0.3 is 0 Å². The molecule has 11 heteroatoms. The molecule has 2 saturated heterocycles. The van der Waals surface area contributed by atoms with Gasteiger partial charge < -0.3 is 27.0 Å². The molecule has 0 saturated carbocycles. The van der Waals surface area contributed by atoms with Crippen molar-refractivity contribution in [1.82, 2.24) is 20.5 Å². The van der Waals surface area contributed by atoms with Crippen LogP contribution < -0.4 is 22.1 Å². The second-order valence-electron chi connectivity index (χ2n) is 10.7.